The molecule has 2 N–H and O–H groups in total. The Hall–Kier alpha value is -4.34. The number of nitrogens with one attached hydrogen (secondary N) is 1. The van der Waals surface area contributed by atoms with Gasteiger partial charge in [-0.2, -0.15) is 9.97 Å². The minimum Gasteiger partial charge on any atom is -0.508 e. The van der Waals surface area contributed by atoms with Gasteiger partial charge in [0.2, 0.25) is 5.88 Å². The number of nitrogens with zero attached hydrogens (tertiary/aromatic N) is 5. The number of aromatic hydroxyl groups is 1. The van der Waals surface area contributed by atoms with Crippen LogP contribution in [0.2, 0.25) is 0 Å². The predicted molar refractivity (Wildman–Crippen MR) is 162 cm³/mol. The van der Waals surface area contributed by atoms with Gasteiger partial charge in [0.05, 0.1) is 17.7 Å². The quantitative estimate of drug-likeness (QED) is 0.328. The fraction of sp³-hybridized carbons (Fsp3) is 0.424. The Morgan fingerprint density at radius 3 is 2.91 bits per heavy atom. The lowest BCUT2D eigenvalue weighted by Gasteiger charge is -2.33. The smallest absolute Gasteiger partial charge is 0.319 e. The van der Waals surface area contributed by atoms with Crippen LogP contribution in [0.1, 0.15) is 24.8 Å². The molecule has 0 amide bonds. The van der Waals surface area contributed by atoms with Crippen LogP contribution in [-0.2, 0) is 0 Å². The molecule has 12 heteroatoms. The van der Waals surface area contributed by atoms with Gasteiger partial charge < -0.3 is 24.8 Å². The third-order valence-electron chi connectivity index (χ3n) is 9.96. The van der Waals surface area contributed by atoms with Gasteiger partial charge in [0, 0.05) is 56.0 Å². The molecule has 4 aliphatic heterocycles. The standard InChI is InChI=1S/C33H31F3N6O3/c1-3-21-23(35)6-5-17-9-20(43)10-22(25(17)21)28-27(36)29-26-30(41(2)24-13-37-12-18(24)15-44-31(26)38-28)40-32(39-29)45-16-33-7-4-8-42(33)14-19(34)11-33/h1,5-6,9-10,18-19,24,37,43H,4,7-8,11-16H2,2H3/t18?,19-,24?,33+/m1/s1. The molecule has 8 rings (SSSR count). The molecule has 4 aromatic rings. The molecule has 6 heterocycles. The first kappa shape index (κ1) is 28.2. The van der Waals surface area contributed by atoms with E-state index in [0.717, 1.165) is 19.4 Å². The minimum absolute atomic E-state index is 0.00839. The van der Waals surface area contributed by atoms with Gasteiger partial charge in [0.15, 0.2) is 5.82 Å². The summed E-state index contributed by atoms with van der Waals surface area (Å²) in [6, 6.07) is 5.37. The summed E-state index contributed by atoms with van der Waals surface area (Å²) in [6.45, 7) is 3.03. The van der Waals surface area contributed by atoms with Gasteiger partial charge in [-0.15, -0.1) is 6.42 Å². The van der Waals surface area contributed by atoms with Crippen LogP contribution >= 0.6 is 0 Å². The van der Waals surface area contributed by atoms with Gasteiger partial charge in [-0.05, 0) is 43.0 Å². The van der Waals surface area contributed by atoms with E-state index in [0.29, 0.717) is 43.9 Å². The van der Waals surface area contributed by atoms with Crippen molar-refractivity contribution in [3.63, 3.8) is 0 Å². The highest BCUT2D eigenvalue weighted by Gasteiger charge is 2.49. The molecule has 0 radical (unpaired) electrons. The molecule has 4 atom stereocenters. The zero-order chi connectivity index (χ0) is 31.0. The van der Waals surface area contributed by atoms with Crippen molar-refractivity contribution >= 4 is 27.5 Å². The number of halogens is 3. The van der Waals surface area contributed by atoms with E-state index in [-0.39, 0.29) is 69.3 Å². The molecule has 0 saturated carbocycles. The van der Waals surface area contributed by atoms with Crippen molar-refractivity contribution in [2.24, 2.45) is 5.92 Å². The number of aromatic nitrogens is 3. The van der Waals surface area contributed by atoms with E-state index in [9.17, 15) is 13.9 Å². The second-order valence-corrected chi connectivity index (χ2v) is 12.6. The lowest BCUT2D eigenvalue weighted by molar-refractivity contribution is 0.107. The van der Waals surface area contributed by atoms with E-state index in [4.69, 9.17) is 20.9 Å². The van der Waals surface area contributed by atoms with Crippen molar-refractivity contribution in [3.05, 3.63) is 41.5 Å². The molecule has 3 fully saturated rings. The molecular formula is C33H31F3N6O3. The summed E-state index contributed by atoms with van der Waals surface area (Å²) in [6.07, 6.45) is 6.87. The van der Waals surface area contributed by atoms with Crippen molar-refractivity contribution < 1.29 is 27.8 Å². The van der Waals surface area contributed by atoms with Crippen molar-refractivity contribution in [2.75, 3.05) is 51.3 Å². The zero-order valence-corrected chi connectivity index (χ0v) is 24.6. The fourth-order valence-corrected chi connectivity index (χ4v) is 7.79. The van der Waals surface area contributed by atoms with Crippen LogP contribution in [0.4, 0.5) is 19.0 Å². The number of hydrogen-bond donors (Lipinski definition) is 2. The van der Waals surface area contributed by atoms with Gasteiger partial charge >= 0.3 is 6.01 Å². The van der Waals surface area contributed by atoms with E-state index in [1.165, 1.54) is 24.3 Å². The molecule has 2 unspecified atom stereocenters. The summed E-state index contributed by atoms with van der Waals surface area (Å²) in [5.74, 6) is 1.29. The first-order chi connectivity index (χ1) is 21.8. The topological polar surface area (TPSA) is 95.9 Å². The van der Waals surface area contributed by atoms with Gasteiger partial charge in [-0.25, -0.2) is 18.2 Å². The van der Waals surface area contributed by atoms with E-state index >= 15 is 4.39 Å². The SMILES string of the molecule is C#Cc1c(F)ccc2cc(O)cc(-c3nc4c5c(nc(OC[C@@]67CCCN6C[C@H](F)C7)nc5c3F)N(C)C3CNCC3CO4)c12. The first-order valence-corrected chi connectivity index (χ1v) is 15.2. The average Bonchev–Trinajstić information content (AvgIpc) is 3.72. The van der Waals surface area contributed by atoms with Crippen molar-refractivity contribution in [2.45, 2.75) is 37.0 Å². The Bertz CT molecular complexity index is 1920. The summed E-state index contributed by atoms with van der Waals surface area (Å²) in [5.41, 5.74) is -0.755. The summed E-state index contributed by atoms with van der Waals surface area (Å²) >= 11 is 0. The Morgan fingerprint density at radius 1 is 1.20 bits per heavy atom. The summed E-state index contributed by atoms with van der Waals surface area (Å²) in [4.78, 5) is 18.0. The van der Waals surface area contributed by atoms with Gasteiger partial charge in [0.1, 0.15) is 46.8 Å². The van der Waals surface area contributed by atoms with Crippen LogP contribution in [0, 0.1) is 29.9 Å². The molecular weight excluding hydrogens is 585 g/mol. The number of hydrogen-bond acceptors (Lipinski definition) is 9. The summed E-state index contributed by atoms with van der Waals surface area (Å²) in [7, 11) is 1.89. The largest absolute Gasteiger partial charge is 0.508 e. The maximum Gasteiger partial charge on any atom is 0.319 e. The average molecular weight is 617 g/mol. The van der Waals surface area contributed by atoms with E-state index in [2.05, 4.69) is 26.1 Å². The number of pyridine rings is 1. The molecule has 9 nitrogen and oxygen atoms in total. The molecule has 0 aliphatic carbocycles. The number of anilines is 1. The molecule has 4 aliphatic rings. The van der Waals surface area contributed by atoms with Crippen molar-refractivity contribution in [3.8, 4) is 41.2 Å². The third-order valence-corrected chi connectivity index (χ3v) is 9.96. The number of ether oxygens (including phenoxy) is 2. The summed E-state index contributed by atoms with van der Waals surface area (Å²) < 4.78 is 58.8. The van der Waals surface area contributed by atoms with E-state index < -0.39 is 23.3 Å². The van der Waals surface area contributed by atoms with Crippen molar-refractivity contribution in [1.82, 2.24) is 25.2 Å². The first-order valence-electron chi connectivity index (χ1n) is 15.2. The lowest BCUT2D eigenvalue weighted by Crippen LogP contribution is -2.44. The lowest BCUT2D eigenvalue weighted by atomic mass is 9.95. The van der Waals surface area contributed by atoms with Crippen LogP contribution in [0.25, 0.3) is 32.9 Å². The number of benzene rings is 2. The van der Waals surface area contributed by atoms with Crippen LogP contribution in [0.5, 0.6) is 17.6 Å². The van der Waals surface area contributed by atoms with Crippen molar-refractivity contribution in [1.29, 1.82) is 0 Å². The second-order valence-electron chi connectivity index (χ2n) is 12.6. The number of alkyl halides is 1. The number of terminal acetylenes is 1. The highest BCUT2D eigenvalue weighted by atomic mass is 19.1. The van der Waals surface area contributed by atoms with Gasteiger partial charge in [-0.3, -0.25) is 4.90 Å². The van der Waals surface area contributed by atoms with Gasteiger partial charge in [-0.1, -0.05) is 12.0 Å². The highest BCUT2D eigenvalue weighted by molar-refractivity contribution is 6.04. The van der Waals surface area contributed by atoms with E-state index in [1.54, 1.807) is 0 Å². The second kappa shape index (κ2) is 10.4. The number of rotatable bonds is 4. The maximum atomic E-state index is 16.9. The molecule has 2 aromatic carbocycles. The Morgan fingerprint density at radius 2 is 2.07 bits per heavy atom. The van der Waals surface area contributed by atoms with E-state index in [1.807, 2.05) is 11.9 Å². The van der Waals surface area contributed by atoms with Crippen LogP contribution in [0.3, 0.4) is 0 Å². The molecule has 2 aromatic heterocycles. The molecule has 45 heavy (non-hydrogen) atoms. The monoisotopic (exact) mass is 616 g/mol. The Labute approximate surface area is 257 Å². The summed E-state index contributed by atoms with van der Waals surface area (Å²) in [5, 5.41) is 14.9. The molecule has 232 valence electrons. The van der Waals surface area contributed by atoms with Crippen LogP contribution in [0.15, 0.2) is 24.3 Å². The maximum absolute atomic E-state index is 16.9. The number of phenolic OH excluding ortho intramolecular Hbond substituents is 1. The predicted octanol–water partition coefficient (Wildman–Crippen LogP) is 4.18. The van der Waals surface area contributed by atoms with Gasteiger partial charge in [0.25, 0.3) is 0 Å². The number of phenols is 1. The third kappa shape index (κ3) is 4.35. The van der Waals surface area contributed by atoms with Crippen LogP contribution in [-0.4, -0.2) is 89.2 Å². The minimum atomic E-state index is -0.932. The number of fused-ring (bicyclic) bond motifs is 3. The Kier molecular flexibility index (Phi) is 6.48. The highest BCUT2D eigenvalue weighted by Crippen LogP contribution is 2.44. The molecule has 0 bridgehead atoms. The van der Waals surface area contributed by atoms with Crippen LogP contribution < -0.4 is 19.7 Å². The number of likely N-dealkylation sites (N-methyl/N-ethyl adjacent to an activating group) is 1. The normalized spacial score (nSPS) is 25.9. The fourth-order valence-electron chi connectivity index (χ4n) is 7.79. The molecule has 0 spiro atoms. The molecule has 3 saturated heterocycles. The zero-order valence-electron chi connectivity index (χ0n) is 24.6. The Balaban J connectivity index is 1.34.